The van der Waals surface area contributed by atoms with Crippen LogP contribution in [0.1, 0.15) is 43.7 Å². The Morgan fingerprint density at radius 1 is 1.09 bits per heavy atom. The zero-order valence-corrected chi connectivity index (χ0v) is 20.3. The van der Waals surface area contributed by atoms with Crippen LogP contribution in [0.3, 0.4) is 0 Å². The summed E-state index contributed by atoms with van der Waals surface area (Å²) in [7, 11) is 1.75. The molecule has 6 nitrogen and oxygen atoms in total. The molecule has 2 amide bonds. The molecule has 2 aliphatic heterocycles. The lowest BCUT2D eigenvalue weighted by Gasteiger charge is -2.40. The number of carbonyl (C=O) groups excluding carboxylic acids is 2. The average molecular weight is 487 g/mol. The first-order valence-electron chi connectivity index (χ1n) is 12.2. The minimum Gasteiger partial charge on any atom is -0.454 e. The molecule has 8 heteroatoms. The lowest BCUT2D eigenvalue weighted by atomic mass is 9.84. The number of fused-ring (bicyclic) bond motifs is 1. The standard InChI is InChI=1S/C27H32F2N2O4/c1-3-26(32)30(2)23(15-20-6-7-21(28)16-22(20)29)19-10-12-31(13-11-19)27(33)9-5-18-4-8-24-25(14-18)35-17-34-24/h4,6-8,14,16,19,23H,3,5,9-13,15,17H2,1-2H3. The number of ether oxygens (including phenoxy) is 2. The second kappa shape index (κ2) is 11.1. The number of nitrogens with zero attached hydrogens (tertiary/aromatic N) is 2. The number of carbonyl (C=O) groups is 2. The molecule has 0 bridgehead atoms. The van der Waals surface area contributed by atoms with Crippen LogP contribution in [0.2, 0.25) is 0 Å². The number of likely N-dealkylation sites (tertiary alicyclic amines) is 1. The summed E-state index contributed by atoms with van der Waals surface area (Å²) in [6, 6.07) is 9.11. The lowest BCUT2D eigenvalue weighted by Crippen LogP contribution is -2.48. The molecule has 0 aliphatic carbocycles. The SMILES string of the molecule is CCC(=O)N(C)C(Cc1ccc(F)cc1F)C1CCN(C(=O)CCc2ccc3c(c2)OCO3)CC1. The molecule has 0 spiro atoms. The third-order valence-corrected chi connectivity index (χ3v) is 7.14. The first kappa shape index (κ1) is 24.9. The molecule has 0 radical (unpaired) electrons. The van der Waals surface area contributed by atoms with Gasteiger partial charge in [-0.15, -0.1) is 0 Å². The van der Waals surface area contributed by atoms with Crippen molar-refractivity contribution in [1.29, 1.82) is 0 Å². The third kappa shape index (κ3) is 5.92. The smallest absolute Gasteiger partial charge is 0.231 e. The van der Waals surface area contributed by atoms with E-state index in [0.717, 1.165) is 30.2 Å². The number of rotatable bonds is 8. The van der Waals surface area contributed by atoms with Gasteiger partial charge in [-0.05, 0) is 60.9 Å². The van der Waals surface area contributed by atoms with Gasteiger partial charge in [0.15, 0.2) is 11.5 Å². The molecular weight excluding hydrogens is 454 g/mol. The highest BCUT2D eigenvalue weighted by Crippen LogP contribution is 2.33. The number of amides is 2. The molecule has 1 atom stereocenters. The maximum Gasteiger partial charge on any atom is 0.231 e. The van der Waals surface area contributed by atoms with E-state index in [1.54, 1.807) is 18.9 Å². The minimum absolute atomic E-state index is 0.0141. The zero-order chi connectivity index (χ0) is 24.9. The van der Waals surface area contributed by atoms with Crippen LogP contribution in [-0.2, 0) is 22.4 Å². The number of aryl methyl sites for hydroxylation is 1. The van der Waals surface area contributed by atoms with Gasteiger partial charge in [0.2, 0.25) is 18.6 Å². The summed E-state index contributed by atoms with van der Waals surface area (Å²) in [6.45, 7) is 3.22. The van der Waals surface area contributed by atoms with E-state index in [2.05, 4.69) is 0 Å². The van der Waals surface area contributed by atoms with E-state index in [9.17, 15) is 18.4 Å². The van der Waals surface area contributed by atoms with Gasteiger partial charge >= 0.3 is 0 Å². The Morgan fingerprint density at radius 3 is 2.54 bits per heavy atom. The van der Waals surface area contributed by atoms with E-state index in [4.69, 9.17) is 9.47 Å². The monoisotopic (exact) mass is 486 g/mol. The van der Waals surface area contributed by atoms with Crippen molar-refractivity contribution < 1.29 is 27.8 Å². The quantitative estimate of drug-likeness (QED) is 0.557. The number of likely N-dealkylation sites (N-methyl/N-ethyl adjacent to an activating group) is 1. The second-order valence-electron chi connectivity index (χ2n) is 9.27. The molecule has 0 saturated carbocycles. The van der Waals surface area contributed by atoms with Crippen LogP contribution in [-0.4, -0.2) is 54.6 Å². The number of hydrogen-bond acceptors (Lipinski definition) is 4. The Balaban J connectivity index is 1.35. The summed E-state index contributed by atoms with van der Waals surface area (Å²) in [4.78, 5) is 28.9. The van der Waals surface area contributed by atoms with Gasteiger partial charge in [0, 0.05) is 45.1 Å². The number of halogens is 2. The molecule has 2 heterocycles. The number of piperidine rings is 1. The van der Waals surface area contributed by atoms with Crippen molar-refractivity contribution >= 4 is 11.8 Å². The van der Waals surface area contributed by atoms with Crippen LogP contribution in [0.4, 0.5) is 8.78 Å². The molecule has 188 valence electrons. The molecule has 2 aliphatic rings. The van der Waals surface area contributed by atoms with Crippen LogP contribution < -0.4 is 9.47 Å². The maximum absolute atomic E-state index is 14.4. The molecule has 0 N–H and O–H groups in total. The highest BCUT2D eigenvalue weighted by molar-refractivity contribution is 5.77. The molecule has 4 rings (SSSR count). The lowest BCUT2D eigenvalue weighted by molar-refractivity contribution is -0.136. The fraction of sp³-hybridized carbons (Fsp3) is 0.481. The first-order valence-corrected chi connectivity index (χ1v) is 12.2. The van der Waals surface area contributed by atoms with Gasteiger partial charge in [-0.25, -0.2) is 8.78 Å². The van der Waals surface area contributed by atoms with E-state index >= 15 is 0 Å². The Hall–Kier alpha value is -3.16. The van der Waals surface area contributed by atoms with Crippen molar-refractivity contribution in [3.63, 3.8) is 0 Å². The van der Waals surface area contributed by atoms with Crippen molar-refractivity contribution in [2.24, 2.45) is 5.92 Å². The van der Waals surface area contributed by atoms with Gasteiger partial charge in [-0.3, -0.25) is 9.59 Å². The Labute approximate surface area is 204 Å². The highest BCUT2D eigenvalue weighted by Gasteiger charge is 2.33. The molecule has 1 unspecified atom stereocenters. The van der Waals surface area contributed by atoms with E-state index in [-0.39, 0.29) is 30.6 Å². The molecule has 2 aromatic carbocycles. The normalized spacial score (nSPS) is 16.3. The average Bonchev–Trinajstić information content (AvgIpc) is 3.34. The number of hydrogen-bond donors (Lipinski definition) is 0. The second-order valence-corrected chi connectivity index (χ2v) is 9.27. The summed E-state index contributed by atoms with van der Waals surface area (Å²) in [5.41, 5.74) is 1.42. The molecule has 1 saturated heterocycles. The predicted molar refractivity (Wildman–Crippen MR) is 127 cm³/mol. The van der Waals surface area contributed by atoms with Gasteiger partial charge in [0.05, 0.1) is 0 Å². The Morgan fingerprint density at radius 2 is 1.83 bits per heavy atom. The molecular formula is C27H32F2N2O4. The van der Waals surface area contributed by atoms with Crippen LogP contribution in [0.25, 0.3) is 0 Å². The first-order chi connectivity index (χ1) is 16.9. The van der Waals surface area contributed by atoms with Gasteiger partial charge in [-0.2, -0.15) is 0 Å². The van der Waals surface area contributed by atoms with E-state index in [1.807, 2.05) is 23.1 Å². The molecule has 0 aromatic heterocycles. The van der Waals surface area contributed by atoms with E-state index in [0.29, 0.717) is 50.1 Å². The van der Waals surface area contributed by atoms with Crippen molar-refractivity contribution in [2.75, 3.05) is 26.9 Å². The summed E-state index contributed by atoms with van der Waals surface area (Å²) in [5.74, 6) is 0.434. The Kier molecular flexibility index (Phi) is 7.88. The van der Waals surface area contributed by atoms with Gasteiger partial charge in [-0.1, -0.05) is 19.1 Å². The fourth-order valence-electron chi connectivity index (χ4n) is 5.01. The molecule has 35 heavy (non-hydrogen) atoms. The molecule has 2 aromatic rings. The van der Waals surface area contributed by atoms with Crippen LogP contribution >= 0.6 is 0 Å². The fourth-order valence-corrected chi connectivity index (χ4v) is 5.01. The van der Waals surface area contributed by atoms with Crippen LogP contribution in [0.15, 0.2) is 36.4 Å². The number of benzene rings is 2. The Bertz CT molecular complexity index is 1070. The van der Waals surface area contributed by atoms with Crippen molar-refractivity contribution in [1.82, 2.24) is 9.80 Å². The van der Waals surface area contributed by atoms with Crippen molar-refractivity contribution in [2.45, 2.75) is 51.5 Å². The van der Waals surface area contributed by atoms with Crippen molar-refractivity contribution in [3.05, 3.63) is 59.2 Å². The topological polar surface area (TPSA) is 59.1 Å². The van der Waals surface area contributed by atoms with Gasteiger partial charge < -0.3 is 19.3 Å². The van der Waals surface area contributed by atoms with E-state index < -0.39 is 11.6 Å². The van der Waals surface area contributed by atoms with Gasteiger partial charge in [0.25, 0.3) is 0 Å². The van der Waals surface area contributed by atoms with Gasteiger partial charge in [0.1, 0.15) is 11.6 Å². The summed E-state index contributed by atoms with van der Waals surface area (Å²) in [6.07, 6.45) is 3.15. The summed E-state index contributed by atoms with van der Waals surface area (Å²) >= 11 is 0. The third-order valence-electron chi connectivity index (χ3n) is 7.14. The maximum atomic E-state index is 14.4. The molecule has 1 fully saturated rings. The van der Waals surface area contributed by atoms with Crippen molar-refractivity contribution in [3.8, 4) is 11.5 Å². The largest absolute Gasteiger partial charge is 0.454 e. The highest BCUT2D eigenvalue weighted by atomic mass is 19.1. The van der Waals surface area contributed by atoms with Crippen LogP contribution in [0.5, 0.6) is 11.5 Å². The zero-order valence-electron chi connectivity index (χ0n) is 20.3. The van der Waals surface area contributed by atoms with Crippen LogP contribution in [0, 0.1) is 17.6 Å². The summed E-state index contributed by atoms with van der Waals surface area (Å²) < 4.78 is 38.5. The van der Waals surface area contributed by atoms with E-state index in [1.165, 1.54) is 12.1 Å². The minimum atomic E-state index is -0.617. The predicted octanol–water partition coefficient (Wildman–Crippen LogP) is 4.34. The summed E-state index contributed by atoms with van der Waals surface area (Å²) in [5, 5.41) is 0.